The van der Waals surface area contributed by atoms with Gasteiger partial charge >= 0.3 is 12.0 Å². The van der Waals surface area contributed by atoms with Gasteiger partial charge in [0.2, 0.25) is 0 Å². The molecule has 0 saturated carbocycles. The van der Waals surface area contributed by atoms with Gasteiger partial charge in [-0.25, -0.2) is 9.59 Å². The first-order valence-electron chi connectivity index (χ1n) is 9.14. The standard InChI is InChI=1S/C20H23N3O4/c1-3-21-20(26)23-17(24)11-27-19(25)18-13-6-4-5-7-15(13)22-16-9-8-12(2)10-14(16)18/h4-7,12H,3,8-11H2,1-2H3,(H2,21,23,24,26)/t12-/m0/s1. The number of para-hydroxylation sites is 1. The zero-order valence-corrected chi connectivity index (χ0v) is 15.5. The third-order valence-corrected chi connectivity index (χ3v) is 4.63. The third kappa shape index (κ3) is 4.24. The van der Waals surface area contributed by atoms with E-state index in [9.17, 15) is 14.4 Å². The number of imide groups is 1. The van der Waals surface area contributed by atoms with Gasteiger partial charge in [-0.05, 0) is 43.7 Å². The Morgan fingerprint density at radius 3 is 2.81 bits per heavy atom. The topological polar surface area (TPSA) is 97.4 Å². The number of urea groups is 1. The molecule has 2 N–H and O–H groups in total. The average molecular weight is 369 g/mol. The summed E-state index contributed by atoms with van der Waals surface area (Å²) in [5, 5.41) is 5.28. The van der Waals surface area contributed by atoms with Crippen LogP contribution in [0.4, 0.5) is 4.79 Å². The summed E-state index contributed by atoms with van der Waals surface area (Å²) >= 11 is 0. The molecule has 0 bridgehead atoms. The van der Waals surface area contributed by atoms with E-state index in [0.29, 0.717) is 18.0 Å². The molecule has 1 heterocycles. The van der Waals surface area contributed by atoms with Crippen molar-refractivity contribution in [2.45, 2.75) is 33.1 Å². The molecule has 1 aliphatic rings. The first kappa shape index (κ1) is 18.8. The van der Waals surface area contributed by atoms with Crippen LogP contribution in [0.2, 0.25) is 0 Å². The van der Waals surface area contributed by atoms with E-state index >= 15 is 0 Å². The summed E-state index contributed by atoms with van der Waals surface area (Å²) in [6.07, 6.45) is 2.60. The smallest absolute Gasteiger partial charge is 0.339 e. The van der Waals surface area contributed by atoms with Crippen molar-refractivity contribution in [2.24, 2.45) is 5.92 Å². The first-order valence-corrected chi connectivity index (χ1v) is 9.14. The number of carbonyl (C=O) groups is 3. The minimum Gasteiger partial charge on any atom is -0.452 e. The van der Waals surface area contributed by atoms with E-state index in [4.69, 9.17) is 9.72 Å². The van der Waals surface area contributed by atoms with Gasteiger partial charge < -0.3 is 10.1 Å². The monoisotopic (exact) mass is 369 g/mol. The molecule has 0 radical (unpaired) electrons. The van der Waals surface area contributed by atoms with Gasteiger partial charge in [0.1, 0.15) is 0 Å². The van der Waals surface area contributed by atoms with Crippen molar-refractivity contribution in [3.05, 3.63) is 41.1 Å². The number of ether oxygens (including phenoxy) is 1. The van der Waals surface area contributed by atoms with Crippen LogP contribution in [-0.4, -0.2) is 36.0 Å². The summed E-state index contributed by atoms with van der Waals surface area (Å²) in [5.74, 6) is -0.784. The minimum atomic E-state index is -0.671. The minimum absolute atomic E-state index is 0.395. The Morgan fingerprint density at radius 1 is 1.26 bits per heavy atom. The lowest BCUT2D eigenvalue weighted by Crippen LogP contribution is -2.41. The zero-order chi connectivity index (χ0) is 19.4. The third-order valence-electron chi connectivity index (χ3n) is 4.63. The first-order chi connectivity index (χ1) is 13.0. The summed E-state index contributed by atoms with van der Waals surface area (Å²) in [7, 11) is 0. The Bertz CT molecular complexity index is 894. The number of hydrogen-bond donors (Lipinski definition) is 2. The van der Waals surface area contributed by atoms with Gasteiger partial charge in [0, 0.05) is 17.6 Å². The fourth-order valence-electron chi connectivity index (χ4n) is 3.37. The summed E-state index contributed by atoms with van der Waals surface area (Å²) < 4.78 is 5.22. The van der Waals surface area contributed by atoms with Crippen LogP contribution >= 0.6 is 0 Å². The summed E-state index contributed by atoms with van der Waals surface area (Å²) in [6.45, 7) is 3.76. The van der Waals surface area contributed by atoms with Crippen LogP contribution in [0.15, 0.2) is 24.3 Å². The van der Waals surface area contributed by atoms with E-state index in [2.05, 4.69) is 17.6 Å². The largest absolute Gasteiger partial charge is 0.452 e. The van der Waals surface area contributed by atoms with E-state index < -0.39 is 24.5 Å². The molecule has 27 heavy (non-hydrogen) atoms. The number of hydrogen-bond acceptors (Lipinski definition) is 5. The van der Waals surface area contributed by atoms with Crippen molar-refractivity contribution < 1.29 is 19.1 Å². The molecule has 3 rings (SSSR count). The lowest BCUT2D eigenvalue weighted by molar-refractivity contribution is -0.123. The van der Waals surface area contributed by atoms with Gasteiger partial charge in [0.15, 0.2) is 6.61 Å². The molecule has 3 amide bonds. The fraction of sp³-hybridized carbons (Fsp3) is 0.400. The Balaban J connectivity index is 1.84. The molecule has 0 unspecified atom stereocenters. The van der Waals surface area contributed by atoms with Crippen LogP contribution in [-0.2, 0) is 22.4 Å². The van der Waals surface area contributed by atoms with Crippen molar-refractivity contribution >= 4 is 28.8 Å². The number of amides is 3. The molecule has 1 aliphatic carbocycles. The van der Waals surface area contributed by atoms with E-state index in [1.54, 1.807) is 6.92 Å². The number of pyridine rings is 1. The Labute approximate surface area is 157 Å². The van der Waals surface area contributed by atoms with Crippen molar-refractivity contribution in [1.29, 1.82) is 0 Å². The summed E-state index contributed by atoms with van der Waals surface area (Å²) in [4.78, 5) is 40.7. The number of benzene rings is 1. The number of nitrogens with one attached hydrogen (secondary N) is 2. The molecule has 7 heteroatoms. The Morgan fingerprint density at radius 2 is 2.04 bits per heavy atom. The number of nitrogens with zero attached hydrogens (tertiary/aromatic N) is 1. The lowest BCUT2D eigenvalue weighted by atomic mass is 9.84. The van der Waals surface area contributed by atoms with Crippen LogP contribution in [0.25, 0.3) is 10.9 Å². The van der Waals surface area contributed by atoms with Crippen LogP contribution < -0.4 is 10.6 Å². The average Bonchev–Trinajstić information content (AvgIpc) is 2.64. The SMILES string of the molecule is CCNC(=O)NC(=O)COC(=O)c1c2c(nc3ccccc13)CC[C@H](C)C2. The molecule has 0 fully saturated rings. The molecular weight excluding hydrogens is 346 g/mol. The van der Waals surface area contributed by atoms with Crippen molar-refractivity contribution in [2.75, 3.05) is 13.2 Å². The molecule has 1 aromatic heterocycles. The summed E-state index contributed by atoms with van der Waals surface area (Å²) in [6, 6.07) is 6.82. The number of carbonyl (C=O) groups excluding carboxylic acids is 3. The van der Waals surface area contributed by atoms with E-state index in [1.807, 2.05) is 24.3 Å². The van der Waals surface area contributed by atoms with Gasteiger partial charge in [-0.15, -0.1) is 0 Å². The van der Waals surface area contributed by atoms with Gasteiger partial charge in [-0.1, -0.05) is 25.1 Å². The second-order valence-electron chi connectivity index (χ2n) is 6.76. The lowest BCUT2D eigenvalue weighted by Gasteiger charge is -2.24. The van der Waals surface area contributed by atoms with Crippen molar-refractivity contribution in [3.8, 4) is 0 Å². The molecule has 1 aromatic carbocycles. The van der Waals surface area contributed by atoms with Crippen LogP contribution in [0.1, 0.15) is 41.9 Å². The van der Waals surface area contributed by atoms with Crippen LogP contribution in [0.3, 0.4) is 0 Å². The maximum atomic E-state index is 12.8. The van der Waals surface area contributed by atoms with E-state index in [1.165, 1.54) is 0 Å². The predicted molar refractivity (Wildman–Crippen MR) is 100 cm³/mol. The number of aromatic nitrogens is 1. The molecule has 1 atom stereocenters. The molecule has 142 valence electrons. The Kier molecular flexibility index (Phi) is 5.69. The number of esters is 1. The molecule has 0 spiro atoms. The van der Waals surface area contributed by atoms with E-state index in [-0.39, 0.29) is 0 Å². The van der Waals surface area contributed by atoms with Gasteiger partial charge in [0.25, 0.3) is 5.91 Å². The highest BCUT2D eigenvalue weighted by Gasteiger charge is 2.26. The number of fused-ring (bicyclic) bond motifs is 2. The molecular formula is C20H23N3O4. The second kappa shape index (κ2) is 8.16. The predicted octanol–water partition coefficient (Wildman–Crippen LogP) is 2.36. The normalized spacial score (nSPS) is 15.7. The van der Waals surface area contributed by atoms with Gasteiger partial charge in [-0.2, -0.15) is 0 Å². The maximum Gasteiger partial charge on any atom is 0.339 e. The van der Waals surface area contributed by atoms with Crippen molar-refractivity contribution in [1.82, 2.24) is 15.6 Å². The molecule has 7 nitrogen and oxygen atoms in total. The summed E-state index contributed by atoms with van der Waals surface area (Å²) in [5.41, 5.74) is 3.05. The van der Waals surface area contributed by atoms with E-state index in [0.717, 1.165) is 41.4 Å². The molecule has 2 aromatic rings. The van der Waals surface area contributed by atoms with Gasteiger partial charge in [0.05, 0.1) is 11.1 Å². The number of rotatable bonds is 4. The quantitative estimate of drug-likeness (QED) is 0.807. The molecule has 0 aliphatic heterocycles. The molecule has 0 saturated heterocycles. The fourth-order valence-corrected chi connectivity index (χ4v) is 3.37. The van der Waals surface area contributed by atoms with Crippen LogP contribution in [0.5, 0.6) is 0 Å². The second-order valence-corrected chi connectivity index (χ2v) is 6.76. The highest BCUT2D eigenvalue weighted by Crippen LogP contribution is 2.31. The van der Waals surface area contributed by atoms with Gasteiger partial charge in [-0.3, -0.25) is 15.1 Å². The zero-order valence-electron chi connectivity index (χ0n) is 15.5. The maximum absolute atomic E-state index is 12.8. The Hall–Kier alpha value is -2.96. The highest BCUT2D eigenvalue weighted by atomic mass is 16.5. The highest BCUT2D eigenvalue weighted by molar-refractivity contribution is 6.06. The number of aryl methyl sites for hydroxylation is 1. The van der Waals surface area contributed by atoms with Crippen molar-refractivity contribution in [3.63, 3.8) is 0 Å². The van der Waals surface area contributed by atoms with Crippen LogP contribution in [0, 0.1) is 5.92 Å².